The third kappa shape index (κ3) is 2.84. The standard InChI is InChI=1S/C17H23NO/c1-2-18-17(14-9-6-10-19-12-14)16-11-15(16)13-7-4-3-5-8-13/h3-5,7-8,12,15-18H,2,6,9-11H2,1H3. The van der Waals surface area contributed by atoms with Crippen molar-refractivity contribution in [2.75, 3.05) is 13.2 Å². The largest absolute Gasteiger partial charge is 0.501 e. The molecule has 1 aliphatic heterocycles. The van der Waals surface area contributed by atoms with Gasteiger partial charge in [-0.15, -0.1) is 0 Å². The van der Waals surface area contributed by atoms with E-state index in [9.17, 15) is 0 Å². The maximum absolute atomic E-state index is 5.53. The molecule has 1 fully saturated rings. The van der Waals surface area contributed by atoms with Crippen molar-refractivity contribution in [2.45, 2.75) is 38.1 Å². The van der Waals surface area contributed by atoms with Gasteiger partial charge in [-0.05, 0) is 48.8 Å². The molecular weight excluding hydrogens is 234 g/mol. The molecule has 1 saturated carbocycles. The van der Waals surface area contributed by atoms with Crippen molar-refractivity contribution in [3.8, 4) is 0 Å². The molecule has 0 aromatic heterocycles. The first-order chi connectivity index (χ1) is 9.40. The van der Waals surface area contributed by atoms with Gasteiger partial charge in [-0.25, -0.2) is 0 Å². The highest BCUT2D eigenvalue weighted by Crippen LogP contribution is 2.51. The van der Waals surface area contributed by atoms with Gasteiger partial charge in [0.05, 0.1) is 12.9 Å². The van der Waals surface area contributed by atoms with E-state index in [1.807, 2.05) is 6.26 Å². The first-order valence-electron chi connectivity index (χ1n) is 7.49. The summed E-state index contributed by atoms with van der Waals surface area (Å²) in [6, 6.07) is 11.4. The fourth-order valence-electron chi connectivity index (χ4n) is 3.26. The van der Waals surface area contributed by atoms with Gasteiger partial charge < -0.3 is 10.1 Å². The van der Waals surface area contributed by atoms with Crippen LogP contribution in [-0.2, 0) is 4.74 Å². The van der Waals surface area contributed by atoms with Crippen LogP contribution < -0.4 is 5.32 Å². The molecular formula is C17H23NO. The van der Waals surface area contributed by atoms with Crippen LogP contribution in [0.1, 0.15) is 37.7 Å². The minimum atomic E-state index is 0.510. The normalized spacial score (nSPS) is 27.3. The monoisotopic (exact) mass is 257 g/mol. The number of rotatable bonds is 5. The number of hydrogen-bond donors (Lipinski definition) is 1. The topological polar surface area (TPSA) is 21.3 Å². The van der Waals surface area contributed by atoms with E-state index < -0.39 is 0 Å². The van der Waals surface area contributed by atoms with Crippen LogP contribution in [0.15, 0.2) is 42.2 Å². The van der Waals surface area contributed by atoms with E-state index in [0.717, 1.165) is 31.4 Å². The maximum Gasteiger partial charge on any atom is 0.0876 e. The minimum Gasteiger partial charge on any atom is -0.501 e. The quantitative estimate of drug-likeness (QED) is 0.872. The van der Waals surface area contributed by atoms with Gasteiger partial charge >= 0.3 is 0 Å². The van der Waals surface area contributed by atoms with Crippen LogP contribution in [0.3, 0.4) is 0 Å². The van der Waals surface area contributed by atoms with Crippen molar-refractivity contribution in [3.05, 3.63) is 47.7 Å². The summed E-state index contributed by atoms with van der Waals surface area (Å²) in [5.41, 5.74) is 2.96. The van der Waals surface area contributed by atoms with E-state index in [4.69, 9.17) is 4.74 Å². The molecule has 1 N–H and O–H groups in total. The number of likely N-dealkylation sites (N-methyl/N-ethyl adjacent to an activating group) is 1. The molecule has 1 aromatic rings. The zero-order valence-corrected chi connectivity index (χ0v) is 11.6. The van der Waals surface area contributed by atoms with E-state index >= 15 is 0 Å². The fraction of sp³-hybridized carbons (Fsp3) is 0.529. The van der Waals surface area contributed by atoms with Crippen LogP contribution in [0.2, 0.25) is 0 Å². The van der Waals surface area contributed by atoms with E-state index in [1.165, 1.54) is 24.0 Å². The lowest BCUT2D eigenvalue weighted by Crippen LogP contribution is -2.34. The van der Waals surface area contributed by atoms with E-state index in [2.05, 4.69) is 42.6 Å². The van der Waals surface area contributed by atoms with Gasteiger partial charge in [0.2, 0.25) is 0 Å². The van der Waals surface area contributed by atoms with Crippen molar-refractivity contribution < 1.29 is 4.74 Å². The molecule has 3 rings (SSSR count). The van der Waals surface area contributed by atoms with E-state index in [1.54, 1.807) is 0 Å². The van der Waals surface area contributed by atoms with E-state index in [-0.39, 0.29) is 0 Å². The van der Waals surface area contributed by atoms with Crippen LogP contribution in [0, 0.1) is 5.92 Å². The van der Waals surface area contributed by atoms with Crippen LogP contribution in [0.25, 0.3) is 0 Å². The minimum absolute atomic E-state index is 0.510. The third-order valence-electron chi connectivity index (χ3n) is 4.28. The lowest BCUT2D eigenvalue weighted by Gasteiger charge is -2.24. The summed E-state index contributed by atoms with van der Waals surface area (Å²) in [6.45, 7) is 4.10. The highest BCUT2D eigenvalue weighted by molar-refractivity contribution is 5.29. The Morgan fingerprint density at radius 1 is 1.32 bits per heavy atom. The second-order valence-corrected chi connectivity index (χ2v) is 5.62. The molecule has 1 aliphatic carbocycles. The molecule has 2 heteroatoms. The molecule has 3 atom stereocenters. The molecule has 1 aromatic carbocycles. The molecule has 1 heterocycles. The summed E-state index contributed by atoms with van der Waals surface area (Å²) in [4.78, 5) is 0. The van der Waals surface area contributed by atoms with Crippen LogP contribution in [0.5, 0.6) is 0 Å². The predicted octanol–water partition coefficient (Wildman–Crippen LogP) is 3.46. The molecule has 19 heavy (non-hydrogen) atoms. The van der Waals surface area contributed by atoms with Crippen molar-refractivity contribution in [3.63, 3.8) is 0 Å². The van der Waals surface area contributed by atoms with Crippen molar-refractivity contribution in [1.29, 1.82) is 0 Å². The Morgan fingerprint density at radius 2 is 2.16 bits per heavy atom. The van der Waals surface area contributed by atoms with Crippen LogP contribution in [-0.4, -0.2) is 19.2 Å². The van der Waals surface area contributed by atoms with Gasteiger partial charge in [0.25, 0.3) is 0 Å². The second-order valence-electron chi connectivity index (χ2n) is 5.62. The summed E-state index contributed by atoms with van der Waals surface area (Å²) in [7, 11) is 0. The molecule has 0 amide bonds. The van der Waals surface area contributed by atoms with Crippen LogP contribution in [0.4, 0.5) is 0 Å². The molecule has 102 valence electrons. The smallest absolute Gasteiger partial charge is 0.0876 e. The highest BCUT2D eigenvalue weighted by atomic mass is 16.5. The van der Waals surface area contributed by atoms with Gasteiger partial charge in [0.1, 0.15) is 0 Å². The zero-order valence-electron chi connectivity index (χ0n) is 11.6. The predicted molar refractivity (Wildman–Crippen MR) is 78.0 cm³/mol. The number of hydrogen-bond acceptors (Lipinski definition) is 2. The molecule has 3 unspecified atom stereocenters. The van der Waals surface area contributed by atoms with Crippen molar-refractivity contribution in [2.24, 2.45) is 5.92 Å². The first kappa shape index (κ1) is 12.7. The lowest BCUT2D eigenvalue weighted by atomic mass is 9.95. The van der Waals surface area contributed by atoms with Gasteiger partial charge in [0, 0.05) is 6.04 Å². The average Bonchev–Trinajstić information content (AvgIpc) is 3.27. The SMILES string of the molecule is CCNC(C1=COCCC1)C1CC1c1ccccc1. The van der Waals surface area contributed by atoms with Crippen molar-refractivity contribution in [1.82, 2.24) is 5.32 Å². The van der Waals surface area contributed by atoms with Crippen molar-refractivity contribution >= 4 is 0 Å². The summed E-state index contributed by atoms with van der Waals surface area (Å²) >= 11 is 0. The average molecular weight is 257 g/mol. The molecule has 2 nitrogen and oxygen atoms in total. The van der Waals surface area contributed by atoms with Gasteiger partial charge in [-0.3, -0.25) is 0 Å². The van der Waals surface area contributed by atoms with E-state index in [0.29, 0.717) is 6.04 Å². The fourth-order valence-corrected chi connectivity index (χ4v) is 3.26. The number of nitrogens with one attached hydrogen (secondary N) is 1. The van der Waals surface area contributed by atoms with Gasteiger partial charge in [0.15, 0.2) is 0 Å². The number of benzene rings is 1. The lowest BCUT2D eigenvalue weighted by molar-refractivity contribution is 0.218. The molecule has 2 aliphatic rings. The number of ether oxygens (including phenoxy) is 1. The Kier molecular flexibility index (Phi) is 3.88. The Labute approximate surface area is 115 Å². The highest BCUT2D eigenvalue weighted by Gasteiger charge is 2.44. The zero-order chi connectivity index (χ0) is 13.1. The summed E-state index contributed by atoms with van der Waals surface area (Å²) in [5, 5.41) is 3.67. The third-order valence-corrected chi connectivity index (χ3v) is 4.28. The molecule has 0 spiro atoms. The molecule has 0 bridgehead atoms. The summed E-state index contributed by atoms with van der Waals surface area (Å²) in [5.74, 6) is 1.48. The Hall–Kier alpha value is -1.28. The first-order valence-corrected chi connectivity index (χ1v) is 7.49. The molecule has 0 saturated heterocycles. The molecule has 0 radical (unpaired) electrons. The Balaban J connectivity index is 1.71. The van der Waals surface area contributed by atoms with Crippen LogP contribution >= 0.6 is 0 Å². The summed E-state index contributed by atoms with van der Waals surface area (Å²) < 4.78 is 5.53. The Bertz CT molecular complexity index is 440. The summed E-state index contributed by atoms with van der Waals surface area (Å²) in [6.07, 6.45) is 5.67. The Morgan fingerprint density at radius 3 is 2.84 bits per heavy atom. The van der Waals surface area contributed by atoms with Gasteiger partial charge in [-0.2, -0.15) is 0 Å². The second kappa shape index (κ2) is 5.79. The maximum atomic E-state index is 5.53. The van der Waals surface area contributed by atoms with Gasteiger partial charge in [-0.1, -0.05) is 37.3 Å².